The van der Waals surface area contributed by atoms with Gasteiger partial charge in [-0.15, -0.1) is 22.7 Å². The van der Waals surface area contributed by atoms with Crippen molar-refractivity contribution in [2.24, 2.45) is 5.10 Å². The van der Waals surface area contributed by atoms with Crippen LogP contribution in [0.2, 0.25) is 0 Å². The van der Waals surface area contributed by atoms with Crippen LogP contribution in [0.3, 0.4) is 0 Å². The van der Waals surface area contributed by atoms with Gasteiger partial charge >= 0.3 is 0 Å². The Balaban J connectivity index is 1.45. The van der Waals surface area contributed by atoms with E-state index < -0.39 is 0 Å². The smallest absolute Gasteiger partial charge is 0.267 e. The summed E-state index contributed by atoms with van der Waals surface area (Å²) < 4.78 is 3.11. The van der Waals surface area contributed by atoms with E-state index in [0.29, 0.717) is 10.2 Å². The van der Waals surface area contributed by atoms with E-state index in [1.807, 2.05) is 94.4 Å². The van der Waals surface area contributed by atoms with Crippen molar-refractivity contribution in [1.82, 2.24) is 19.4 Å². The number of aromatic nitrogens is 4. The topological polar surface area (TPSA) is 65.1 Å². The quantitative estimate of drug-likeness (QED) is 0.288. The van der Waals surface area contributed by atoms with E-state index in [4.69, 9.17) is 5.10 Å². The number of rotatable bonds is 5. The van der Waals surface area contributed by atoms with Crippen molar-refractivity contribution >= 4 is 39.1 Å². The molecule has 8 heteroatoms. The van der Waals surface area contributed by atoms with Crippen LogP contribution in [-0.2, 0) is 0 Å². The van der Waals surface area contributed by atoms with Crippen LogP contribution in [0.25, 0.3) is 37.6 Å². The van der Waals surface area contributed by atoms with Crippen molar-refractivity contribution in [2.45, 2.75) is 0 Å². The molecule has 0 amide bonds. The fraction of sp³-hybridized carbons (Fsp3) is 0. The van der Waals surface area contributed by atoms with Crippen LogP contribution in [0.4, 0.5) is 0 Å². The zero-order valence-corrected chi connectivity index (χ0v) is 19.4. The standard InChI is InChI=1S/C26H17N5OS2/c32-26-23-21(22-12-7-13-33-22)16-34-25(23)27-17-31(26)28-14-19-15-30(20-10-5-2-6-11-20)29-24(19)18-8-3-1-4-9-18/h1-17H/b28-14+. The van der Waals surface area contributed by atoms with Gasteiger partial charge in [0.1, 0.15) is 16.9 Å². The molecule has 4 heterocycles. The Morgan fingerprint density at radius 2 is 1.71 bits per heavy atom. The Labute approximate surface area is 202 Å². The normalized spacial score (nSPS) is 11.5. The van der Waals surface area contributed by atoms with Crippen molar-refractivity contribution in [3.63, 3.8) is 0 Å². The third-order valence-electron chi connectivity index (χ3n) is 5.40. The summed E-state index contributed by atoms with van der Waals surface area (Å²) in [5.74, 6) is 0. The van der Waals surface area contributed by atoms with E-state index in [2.05, 4.69) is 10.1 Å². The summed E-state index contributed by atoms with van der Waals surface area (Å²) in [5, 5.41) is 13.9. The molecule has 0 unspecified atom stereocenters. The summed E-state index contributed by atoms with van der Waals surface area (Å²) >= 11 is 3.07. The molecule has 6 aromatic rings. The fourth-order valence-electron chi connectivity index (χ4n) is 3.76. The van der Waals surface area contributed by atoms with E-state index in [0.717, 1.165) is 32.9 Å². The van der Waals surface area contributed by atoms with Crippen LogP contribution in [0, 0.1) is 0 Å². The van der Waals surface area contributed by atoms with Crippen LogP contribution in [0.5, 0.6) is 0 Å². The number of nitrogens with zero attached hydrogens (tertiary/aromatic N) is 5. The molecule has 34 heavy (non-hydrogen) atoms. The Morgan fingerprint density at radius 3 is 2.47 bits per heavy atom. The first-order chi connectivity index (χ1) is 16.8. The number of benzene rings is 2. The van der Waals surface area contributed by atoms with Gasteiger partial charge in [-0.05, 0) is 23.6 Å². The van der Waals surface area contributed by atoms with Crippen molar-refractivity contribution in [1.29, 1.82) is 0 Å². The van der Waals surface area contributed by atoms with Crippen LogP contribution >= 0.6 is 22.7 Å². The molecule has 164 valence electrons. The number of para-hydroxylation sites is 1. The Bertz CT molecular complexity index is 1660. The molecule has 2 aromatic carbocycles. The third kappa shape index (κ3) is 3.68. The number of fused-ring (bicyclic) bond motifs is 1. The van der Waals surface area contributed by atoms with E-state index in [1.54, 1.807) is 17.6 Å². The predicted octanol–water partition coefficient (Wildman–Crippen LogP) is 5.92. The second-order valence-electron chi connectivity index (χ2n) is 7.52. The minimum atomic E-state index is -0.192. The molecule has 6 rings (SSSR count). The van der Waals surface area contributed by atoms with Crippen LogP contribution < -0.4 is 5.56 Å². The first-order valence-electron chi connectivity index (χ1n) is 10.6. The summed E-state index contributed by atoms with van der Waals surface area (Å²) in [6, 6.07) is 23.8. The van der Waals surface area contributed by atoms with Gasteiger partial charge in [0.25, 0.3) is 5.56 Å². The summed E-state index contributed by atoms with van der Waals surface area (Å²) in [7, 11) is 0. The second-order valence-corrected chi connectivity index (χ2v) is 9.33. The predicted molar refractivity (Wildman–Crippen MR) is 139 cm³/mol. The van der Waals surface area contributed by atoms with Crippen LogP contribution in [-0.4, -0.2) is 25.7 Å². The minimum Gasteiger partial charge on any atom is -0.267 e. The van der Waals surface area contributed by atoms with Crippen molar-refractivity contribution < 1.29 is 0 Å². The Hall–Kier alpha value is -4.14. The first kappa shape index (κ1) is 20.5. The maximum Gasteiger partial charge on any atom is 0.283 e. The van der Waals surface area contributed by atoms with Gasteiger partial charge in [0.05, 0.1) is 17.3 Å². The molecule has 0 aliphatic rings. The van der Waals surface area contributed by atoms with Gasteiger partial charge < -0.3 is 0 Å². The summed E-state index contributed by atoms with van der Waals surface area (Å²) in [4.78, 5) is 19.5. The lowest BCUT2D eigenvalue weighted by Crippen LogP contribution is -2.16. The molecule has 0 aliphatic carbocycles. The lowest BCUT2D eigenvalue weighted by Gasteiger charge is -2.00. The summed E-state index contributed by atoms with van der Waals surface area (Å²) in [6.07, 6.45) is 5.06. The van der Waals surface area contributed by atoms with E-state index in [1.165, 1.54) is 22.3 Å². The molecular weight excluding hydrogens is 462 g/mol. The number of hydrogen-bond acceptors (Lipinski definition) is 6. The maximum absolute atomic E-state index is 13.3. The Morgan fingerprint density at radius 1 is 0.912 bits per heavy atom. The second kappa shape index (κ2) is 8.66. The number of thiophene rings is 2. The van der Waals surface area contributed by atoms with Gasteiger partial charge in [0.15, 0.2) is 0 Å². The first-order valence-corrected chi connectivity index (χ1v) is 12.3. The SMILES string of the molecule is O=c1c2c(-c3cccs3)csc2ncn1/N=C/c1cn(-c2ccccc2)nc1-c1ccccc1. The zero-order chi connectivity index (χ0) is 22.9. The van der Waals surface area contributed by atoms with Crippen molar-refractivity contribution in [3.05, 3.63) is 112 Å². The number of hydrogen-bond donors (Lipinski definition) is 0. The zero-order valence-electron chi connectivity index (χ0n) is 17.8. The van der Waals surface area contributed by atoms with Gasteiger partial charge in [-0.25, -0.2) is 9.67 Å². The molecule has 4 aromatic heterocycles. The molecule has 0 radical (unpaired) electrons. The fourth-order valence-corrected chi connectivity index (χ4v) is 5.48. The molecule has 0 atom stereocenters. The monoisotopic (exact) mass is 479 g/mol. The summed E-state index contributed by atoms with van der Waals surface area (Å²) in [6.45, 7) is 0. The average molecular weight is 480 g/mol. The maximum atomic E-state index is 13.3. The van der Waals surface area contributed by atoms with Crippen molar-refractivity contribution in [2.75, 3.05) is 0 Å². The molecule has 0 aliphatic heterocycles. The molecule has 0 spiro atoms. The van der Waals surface area contributed by atoms with Crippen LogP contribution in [0.15, 0.2) is 106 Å². The Kier molecular flexibility index (Phi) is 5.21. The lowest BCUT2D eigenvalue weighted by molar-refractivity contribution is 0.819. The highest BCUT2D eigenvalue weighted by Crippen LogP contribution is 2.33. The van der Waals surface area contributed by atoms with Crippen molar-refractivity contribution in [3.8, 4) is 27.4 Å². The van der Waals surface area contributed by atoms with E-state index in [-0.39, 0.29) is 5.56 Å². The molecular formula is C26H17N5OS2. The largest absolute Gasteiger partial charge is 0.283 e. The highest BCUT2D eigenvalue weighted by molar-refractivity contribution is 7.18. The lowest BCUT2D eigenvalue weighted by atomic mass is 10.1. The van der Waals surface area contributed by atoms with Crippen LogP contribution in [0.1, 0.15) is 5.56 Å². The molecule has 6 nitrogen and oxygen atoms in total. The van der Waals surface area contributed by atoms with Gasteiger partial charge in [0, 0.05) is 33.1 Å². The van der Waals surface area contributed by atoms with Gasteiger partial charge in [0.2, 0.25) is 0 Å². The van der Waals surface area contributed by atoms with Gasteiger partial charge in [-0.3, -0.25) is 4.79 Å². The minimum absolute atomic E-state index is 0.192. The third-order valence-corrected chi connectivity index (χ3v) is 7.19. The highest BCUT2D eigenvalue weighted by Gasteiger charge is 2.15. The summed E-state index contributed by atoms with van der Waals surface area (Å²) in [5.41, 5.74) is 4.20. The van der Waals surface area contributed by atoms with Gasteiger partial charge in [-0.1, -0.05) is 54.6 Å². The van der Waals surface area contributed by atoms with E-state index >= 15 is 0 Å². The average Bonchev–Trinajstić information content (AvgIpc) is 3.64. The van der Waals surface area contributed by atoms with E-state index in [9.17, 15) is 4.79 Å². The molecule has 0 saturated heterocycles. The highest BCUT2D eigenvalue weighted by atomic mass is 32.1. The molecule has 0 fully saturated rings. The molecule has 0 saturated carbocycles. The van der Waals surface area contributed by atoms with Gasteiger partial charge in [-0.2, -0.15) is 14.9 Å². The molecule has 0 N–H and O–H groups in total. The molecule has 0 bridgehead atoms.